The Labute approximate surface area is 137 Å². The second-order valence-electron chi connectivity index (χ2n) is 6.02. The van der Waals surface area contributed by atoms with Crippen molar-refractivity contribution in [2.24, 2.45) is 5.92 Å². The van der Waals surface area contributed by atoms with Gasteiger partial charge in [0.1, 0.15) is 5.51 Å². The van der Waals surface area contributed by atoms with Gasteiger partial charge in [-0.2, -0.15) is 0 Å². The van der Waals surface area contributed by atoms with Gasteiger partial charge in [0.05, 0.1) is 9.75 Å². The fraction of sp³-hybridized carbons (Fsp3) is 0.533. The highest BCUT2D eigenvalue weighted by molar-refractivity contribution is 7.22. The molecule has 3 aliphatic rings. The van der Waals surface area contributed by atoms with Crippen LogP contribution in [0, 0.1) is 5.92 Å². The summed E-state index contributed by atoms with van der Waals surface area (Å²) in [6.45, 7) is 4.59. The third-order valence-corrected chi connectivity index (χ3v) is 6.82. The van der Waals surface area contributed by atoms with Crippen LogP contribution in [-0.4, -0.2) is 46.2 Å². The summed E-state index contributed by atoms with van der Waals surface area (Å²) in [5.74, 6) is 0.679. The predicted octanol–water partition coefficient (Wildman–Crippen LogP) is 2.48. The minimum absolute atomic E-state index is 0.0476. The second-order valence-corrected chi connectivity index (χ2v) is 7.94. The minimum Gasteiger partial charge on any atom is -0.347 e. The van der Waals surface area contributed by atoms with E-state index in [0.29, 0.717) is 12.0 Å². The molecule has 2 bridgehead atoms. The molecule has 0 aliphatic carbocycles. The van der Waals surface area contributed by atoms with Crippen molar-refractivity contribution in [2.75, 3.05) is 13.1 Å². The van der Waals surface area contributed by atoms with Crippen molar-refractivity contribution in [3.05, 3.63) is 22.5 Å². The molecule has 7 heteroatoms. The van der Waals surface area contributed by atoms with Crippen molar-refractivity contribution < 1.29 is 4.79 Å². The van der Waals surface area contributed by atoms with Gasteiger partial charge >= 0.3 is 0 Å². The molecule has 5 rings (SSSR count). The number of aromatic nitrogens is 2. The van der Waals surface area contributed by atoms with E-state index < -0.39 is 0 Å². The predicted molar refractivity (Wildman–Crippen MR) is 88.2 cm³/mol. The Kier molecular flexibility index (Phi) is 3.71. The molecule has 3 aliphatic heterocycles. The van der Waals surface area contributed by atoms with Gasteiger partial charge in [0.15, 0.2) is 5.01 Å². The van der Waals surface area contributed by atoms with E-state index in [4.69, 9.17) is 0 Å². The third kappa shape index (κ3) is 2.47. The summed E-state index contributed by atoms with van der Waals surface area (Å²) < 4.78 is 0. The number of carbonyl (C=O) groups is 1. The Bertz CT molecular complexity index is 659. The first-order valence-electron chi connectivity index (χ1n) is 7.63. The Morgan fingerprint density at radius 2 is 2.18 bits per heavy atom. The maximum atomic E-state index is 12.6. The SMILES string of the molecule is C[C@H]1[C@H](NC(=O)c2ccc(-c3nncs3)s2)C2CCN1CC2. The second kappa shape index (κ2) is 5.72. The molecule has 22 heavy (non-hydrogen) atoms. The number of fused-ring (bicyclic) bond motifs is 3. The molecular formula is C15H18N4OS2. The van der Waals surface area contributed by atoms with Crippen LogP contribution < -0.4 is 5.32 Å². The van der Waals surface area contributed by atoms with E-state index in [1.807, 2.05) is 12.1 Å². The van der Waals surface area contributed by atoms with Crippen molar-refractivity contribution in [2.45, 2.75) is 31.8 Å². The highest BCUT2D eigenvalue weighted by Gasteiger charge is 2.40. The Morgan fingerprint density at radius 1 is 1.36 bits per heavy atom. The molecule has 3 fully saturated rings. The molecule has 116 valence electrons. The number of nitrogens with one attached hydrogen (secondary N) is 1. The maximum absolute atomic E-state index is 12.6. The molecule has 0 unspecified atom stereocenters. The van der Waals surface area contributed by atoms with Crippen LogP contribution in [0.2, 0.25) is 0 Å². The van der Waals surface area contributed by atoms with Gasteiger partial charge < -0.3 is 5.32 Å². The summed E-state index contributed by atoms with van der Waals surface area (Å²) in [5.41, 5.74) is 1.71. The Hall–Kier alpha value is -1.31. The lowest BCUT2D eigenvalue weighted by atomic mass is 9.79. The molecule has 0 aromatic carbocycles. The normalized spacial score (nSPS) is 30.4. The smallest absolute Gasteiger partial charge is 0.261 e. The number of nitrogens with zero attached hydrogens (tertiary/aromatic N) is 3. The summed E-state index contributed by atoms with van der Waals surface area (Å²) >= 11 is 2.99. The quantitative estimate of drug-likeness (QED) is 0.937. The largest absolute Gasteiger partial charge is 0.347 e. The third-order valence-electron chi connectivity index (χ3n) is 4.88. The van der Waals surface area contributed by atoms with Gasteiger partial charge in [0.25, 0.3) is 5.91 Å². The first-order chi connectivity index (χ1) is 10.7. The molecule has 5 heterocycles. The number of thiophene rings is 1. The van der Waals surface area contributed by atoms with Crippen LogP contribution in [0.1, 0.15) is 29.4 Å². The van der Waals surface area contributed by atoms with E-state index in [9.17, 15) is 4.79 Å². The number of hydrogen-bond acceptors (Lipinski definition) is 6. The van der Waals surface area contributed by atoms with Crippen molar-refractivity contribution in [3.63, 3.8) is 0 Å². The van der Waals surface area contributed by atoms with Crippen LogP contribution in [0.15, 0.2) is 17.6 Å². The van der Waals surface area contributed by atoms with E-state index in [2.05, 4.69) is 27.3 Å². The highest BCUT2D eigenvalue weighted by Crippen LogP contribution is 2.33. The molecule has 1 N–H and O–H groups in total. The minimum atomic E-state index is 0.0476. The lowest BCUT2D eigenvalue weighted by Crippen LogP contribution is -2.62. The van der Waals surface area contributed by atoms with Crippen molar-refractivity contribution in [1.29, 1.82) is 0 Å². The Morgan fingerprint density at radius 3 is 2.86 bits per heavy atom. The molecule has 0 saturated carbocycles. The van der Waals surface area contributed by atoms with Gasteiger partial charge in [-0.25, -0.2) is 0 Å². The zero-order valence-electron chi connectivity index (χ0n) is 12.4. The molecule has 2 aromatic heterocycles. The average Bonchev–Trinajstić information content (AvgIpc) is 3.21. The Balaban J connectivity index is 1.48. The molecule has 0 spiro atoms. The van der Waals surface area contributed by atoms with Crippen molar-refractivity contribution in [3.8, 4) is 9.88 Å². The zero-order valence-corrected chi connectivity index (χ0v) is 14.0. The summed E-state index contributed by atoms with van der Waals surface area (Å²) in [7, 11) is 0. The summed E-state index contributed by atoms with van der Waals surface area (Å²) in [6.07, 6.45) is 2.41. The molecular weight excluding hydrogens is 316 g/mol. The molecule has 2 atom stereocenters. The van der Waals surface area contributed by atoms with E-state index >= 15 is 0 Å². The van der Waals surface area contributed by atoms with Crippen molar-refractivity contribution >= 4 is 28.6 Å². The van der Waals surface area contributed by atoms with Gasteiger partial charge in [0, 0.05) is 12.1 Å². The number of rotatable bonds is 3. The first kappa shape index (κ1) is 14.3. The number of amides is 1. The van der Waals surface area contributed by atoms with Gasteiger partial charge in [-0.15, -0.1) is 21.5 Å². The zero-order chi connectivity index (χ0) is 15.1. The monoisotopic (exact) mass is 334 g/mol. The summed E-state index contributed by atoms with van der Waals surface area (Å²) in [6, 6.07) is 4.57. The standard InChI is InChI=1S/C15H18N4OS2/c1-9-13(10-4-6-19(9)7-5-10)17-14(20)11-2-3-12(22-11)15-18-16-8-21-15/h2-3,8-10,13H,4-7H2,1H3,(H,17,20)/t9-,13-/m0/s1. The maximum Gasteiger partial charge on any atom is 0.261 e. The lowest BCUT2D eigenvalue weighted by Gasteiger charge is -2.49. The van der Waals surface area contributed by atoms with Crippen LogP contribution in [0.25, 0.3) is 9.88 Å². The summed E-state index contributed by atoms with van der Waals surface area (Å²) in [4.78, 5) is 16.8. The lowest BCUT2D eigenvalue weighted by molar-refractivity contribution is 0.0218. The van der Waals surface area contributed by atoms with Crippen LogP contribution in [0.3, 0.4) is 0 Å². The van der Waals surface area contributed by atoms with Crippen LogP contribution in [0.5, 0.6) is 0 Å². The summed E-state index contributed by atoms with van der Waals surface area (Å²) in [5, 5.41) is 12.1. The molecule has 0 radical (unpaired) electrons. The van der Waals surface area contributed by atoms with Crippen LogP contribution in [-0.2, 0) is 0 Å². The van der Waals surface area contributed by atoms with Gasteiger partial charge in [-0.05, 0) is 50.9 Å². The van der Waals surface area contributed by atoms with Gasteiger partial charge in [0.2, 0.25) is 0 Å². The molecule has 3 saturated heterocycles. The fourth-order valence-electron chi connectivity index (χ4n) is 3.62. The molecule has 1 amide bonds. The van der Waals surface area contributed by atoms with Crippen LogP contribution >= 0.6 is 22.7 Å². The van der Waals surface area contributed by atoms with Crippen molar-refractivity contribution in [1.82, 2.24) is 20.4 Å². The van der Waals surface area contributed by atoms with Gasteiger partial charge in [-0.3, -0.25) is 9.69 Å². The highest BCUT2D eigenvalue weighted by atomic mass is 32.1. The van der Waals surface area contributed by atoms with Crippen LogP contribution in [0.4, 0.5) is 0 Å². The van der Waals surface area contributed by atoms with Gasteiger partial charge in [-0.1, -0.05) is 11.3 Å². The van der Waals surface area contributed by atoms with E-state index in [1.165, 1.54) is 48.6 Å². The fourth-order valence-corrected chi connectivity index (χ4v) is 5.15. The van der Waals surface area contributed by atoms with E-state index in [-0.39, 0.29) is 11.9 Å². The molecule has 5 nitrogen and oxygen atoms in total. The van der Waals surface area contributed by atoms with E-state index in [0.717, 1.165) is 14.8 Å². The first-order valence-corrected chi connectivity index (χ1v) is 9.33. The number of hydrogen-bond donors (Lipinski definition) is 1. The molecule has 2 aromatic rings. The number of carbonyl (C=O) groups excluding carboxylic acids is 1. The topological polar surface area (TPSA) is 58.1 Å². The average molecular weight is 334 g/mol. The van der Waals surface area contributed by atoms with E-state index in [1.54, 1.807) is 5.51 Å². The number of piperidine rings is 3.